The molecule has 62 valence electrons. The van der Waals surface area contributed by atoms with Gasteiger partial charge in [-0.3, -0.25) is 9.11 Å². The van der Waals surface area contributed by atoms with Crippen LogP contribution in [0.4, 0.5) is 0 Å². The van der Waals surface area contributed by atoms with E-state index in [-0.39, 0.29) is 0 Å². The summed E-state index contributed by atoms with van der Waals surface area (Å²) in [4.78, 5) is 0. The van der Waals surface area contributed by atoms with Gasteiger partial charge in [0.25, 0.3) is 0 Å². The summed E-state index contributed by atoms with van der Waals surface area (Å²) in [7, 11) is -10.2. The van der Waals surface area contributed by atoms with Crippen LogP contribution in [0, 0.1) is 0 Å². The second kappa shape index (κ2) is 2.60. The first-order valence-corrected chi connectivity index (χ1v) is 4.70. The summed E-state index contributed by atoms with van der Waals surface area (Å²) in [6.45, 7) is 0. The first-order valence-electron chi connectivity index (χ1n) is 1.57. The molecule has 0 fully saturated rings. The lowest BCUT2D eigenvalue weighted by atomic mass is 13.8. The van der Waals surface area contributed by atoms with Crippen molar-refractivity contribution in [3.05, 3.63) is 0 Å². The molecule has 0 bridgehead atoms. The van der Waals surface area contributed by atoms with Crippen LogP contribution in [0.15, 0.2) is 0 Å². The zero-order valence-corrected chi connectivity index (χ0v) is 6.56. The van der Waals surface area contributed by atoms with Gasteiger partial charge in [0.15, 0.2) is 0 Å². The van der Waals surface area contributed by atoms with Gasteiger partial charge < -0.3 is 0 Å². The van der Waals surface area contributed by atoms with Crippen LogP contribution in [-0.4, -0.2) is 29.2 Å². The SMILES string of the molecule is O=S(=O)(O)N(Cl)S(=O)(=O)O. The second-order valence-corrected chi connectivity index (χ2v) is 4.60. The Bertz CT molecular complexity index is 265. The highest BCUT2D eigenvalue weighted by atomic mass is 35.5. The third-order valence-electron chi connectivity index (χ3n) is 0.363. The van der Waals surface area contributed by atoms with E-state index < -0.39 is 23.8 Å². The number of rotatable bonds is 2. The summed E-state index contributed by atoms with van der Waals surface area (Å²) >= 11 is 4.39. The zero-order valence-electron chi connectivity index (χ0n) is 4.17. The molecule has 0 atom stereocenters. The van der Waals surface area contributed by atoms with Gasteiger partial charge in [-0.2, -0.15) is 16.8 Å². The summed E-state index contributed by atoms with van der Waals surface area (Å²) < 4.78 is 53.8. The number of nitrogens with zero attached hydrogens (tertiary/aromatic N) is 1. The molecule has 0 unspecified atom stereocenters. The third-order valence-corrected chi connectivity index (χ3v) is 3.27. The summed E-state index contributed by atoms with van der Waals surface area (Å²) in [5, 5.41) is 0. The Morgan fingerprint density at radius 3 is 1.20 bits per heavy atom. The molecule has 10 heteroatoms. The Labute approximate surface area is 62.1 Å². The minimum Gasteiger partial charge on any atom is -0.272 e. The van der Waals surface area contributed by atoms with Crippen LogP contribution in [0.3, 0.4) is 0 Å². The van der Waals surface area contributed by atoms with Gasteiger partial charge in [0.2, 0.25) is 0 Å². The Morgan fingerprint density at radius 1 is 1.00 bits per heavy atom. The number of hydrogen-bond donors (Lipinski definition) is 2. The predicted octanol–water partition coefficient (Wildman–Crippen LogP) is -0.952. The van der Waals surface area contributed by atoms with Crippen LogP contribution in [0.25, 0.3) is 0 Å². The van der Waals surface area contributed by atoms with Crippen LogP contribution in [0.5, 0.6) is 0 Å². The summed E-state index contributed by atoms with van der Waals surface area (Å²) in [5.41, 5.74) is 0. The average Bonchev–Trinajstić information content (AvgIpc) is 1.59. The molecule has 2 N–H and O–H groups in total. The smallest absolute Gasteiger partial charge is 0.272 e. The monoisotopic (exact) mass is 211 g/mol. The fourth-order valence-electron chi connectivity index (χ4n) is 0.119. The van der Waals surface area contributed by atoms with Crippen molar-refractivity contribution >= 4 is 32.4 Å². The maximum Gasteiger partial charge on any atom is 0.365 e. The molecule has 7 nitrogen and oxygen atoms in total. The molecule has 0 aromatic heterocycles. The number of hydrogen-bond acceptors (Lipinski definition) is 4. The maximum absolute atomic E-state index is 9.79. The standard InChI is InChI=1S/ClH2NO6S2/c1-2(9(3,4)5)10(6,7)8/h(H,3,4,5)(H,6,7,8). The van der Waals surface area contributed by atoms with E-state index in [0.29, 0.717) is 0 Å². The summed E-state index contributed by atoms with van der Waals surface area (Å²) in [6, 6.07) is 0. The highest BCUT2D eigenvalue weighted by Crippen LogP contribution is 2.06. The molecule has 0 aliphatic heterocycles. The van der Waals surface area contributed by atoms with Crippen LogP contribution in [0.1, 0.15) is 0 Å². The van der Waals surface area contributed by atoms with Crippen molar-refractivity contribution in [3.8, 4) is 0 Å². The first kappa shape index (κ1) is 10.1. The van der Waals surface area contributed by atoms with Crippen LogP contribution in [0.2, 0.25) is 0 Å². The predicted molar refractivity (Wildman–Crippen MR) is 30.8 cm³/mol. The van der Waals surface area contributed by atoms with Gasteiger partial charge in [-0.05, 0) is 0 Å². The van der Waals surface area contributed by atoms with Gasteiger partial charge in [0.05, 0.1) is 0 Å². The fourth-order valence-corrected chi connectivity index (χ4v) is 1.07. The molecule has 0 rings (SSSR count). The van der Waals surface area contributed by atoms with Gasteiger partial charge in [0, 0.05) is 15.0 Å². The van der Waals surface area contributed by atoms with E-state index in [1.165, 1.54) is 0 Å². The molecule has 0 spiro atoms. The number of halogens is 1. The van der Waals surface area contributed by atoms with Crippen molar-refractivity contribution in [1.29, 1.82) is 0 Å². The van der Waals surface area contributed by atoms with E-state index in [2.05, 4.69) is 11.8 Å². The lowest BCUT2D eigenvalue weighted by molar-refractivity contribution is 0.428. The van der Waals surface area contributed by atoms with Crippen LogP contribution >= 0.6 is 11.8 Å². The molecular weight excluding hydrogens is 210 g/mol. The van der Waals surface area contributed by atoms with Crippen molar-refractivity contribution in [1.82, 2.24) is 3.23 Å². The molecule has 0 aliphatic carbocycles. The molecule has 0 aromatic carbocycles. The van der Waals surface area contributed by atoms with Crippen molar-refractivity contribution in [2.75, 3.05) is 0 Å². The molecule has 10 heavy (non-hydrogen) atoms. The summed E-state index contributed by atoms with van der Waals surface area (Å²) in [6.07, 6.45) is 0. The molecule has 0 saturated carbocycles. The quantitative estimate of drug-likeness (QED) is 0.450. The second-order valence-electron chi connectivity index (χ2n) is 1.11. The van der Waals surface area contributed by atoms with Gasteiger partial charge in [-0.25, -0.2) is 0 Å². The minimum absolute atomic E-state index is 1.10. The van der Waals surface area contributed by atoms with Gasteiger partial charge in [-0.1, -0.05) is 0 Å². The van der Waals surface area contributed by atoms with Gasteiger partial charge >= 0.3 is 20.6 Å². The lowest BCUT2D eigenvalue weighted by Crippen LogP contribution is -2.27. The average molecular weight is 212 g/mol. The van der Waals surface area contributed by atoms with E-state index in [1.807, 2.05) is 0 Å². The largest absolute Gasteiger partial charge is 0.365 e. The highest BCUT2D eigenvalue weighted by molar-refractivity contribution is 8.00. The molecule has 0 heterocycles. The van der Waals surface area contributed by atoms with Crippen molar-refractivity contribution in [2.45, 2.75) is 0 Å². The van der Waals surface area contributed by atoms with Crippen molar-refractivity contribution in [2.24, 2.45) is 0 Å². The van der Waals surface area contributed by atoms with E-state index >= 15 is 0 Å². The first-order chi connectivity index (χ1) is 4.15. The highest BCUT2D eigenvalue weighted by Gasteiger charge is 2.28. The van der Waals surface area contributed by atoms with Gasteiger partial charge in [0.1, 0.15) is 0 Å². The molecule has 0 aliphatic rings. The molecule has 0 amide bonds. The molecular formula is H2ClNO6S2. The van der Waals surface area contributed by atoms with Crippen LogP contribution < -0.4 is 0 Å². The van der Waals surface area contributed by atoms with Crippen molar-refractivity contribution < 1.29 is 25.9 Å². The minimum atomic E-state index is -5.10. The zero-order chi connectivity index (χ0) is 8.58. The summed E-state index contributed by atoms with van der Waals surface area (Å²) in [5.74, 6) is 0. The topological polar surface area (TPSA) is 112 Å². The lowest BCUT2D eigenvalue weighted by Gasteiger charge is -2.02. The van der Waals surface area contributed by atoms with E-state index in [4.69, 9.17) is 9.11 Å². The third kappa shape index (κ3) is 2.77. The van der Waals surface area contributed by atoms with E-state index in [9.17, 15) is 16.8 Å². The normalized spacial score (nSPS) is 14.0. The molecule has 0 radical (unpaired) electrons. The Hall–Kier alpha value is 0.0700. The molecule has 0 saturated heterocycles. The fraction of sp³-hybridized carbons (Fsp3) is 0. The van der Waals surface area contributed by atoms with E-state index in [1.54, 1.807) is 0 Å². The van der Waals surface area contributed by atoms with E-state index in [0.717, 1.165) is 0 Å². The Balaban J connectivity index is 4.94. The van der Waals surface area contributed by atoms with Gasteiger partial charge in [-0.15, -0.1) is 0 Å². The Morgan fingerprint density at radius 2 is 1.20 bits per heavy atom. The molecule has 0 aromatic rings. The Kier molecular flexibility index (Phi) is 2.62. The maximum atomic E-state index is 9.79. The van der Waals surface area contributed by atoms with Crippen LogP contribution in [-0.2, 0) is 20.6 Å². The van der Waals surface area contributed by atoms with Crippen molar-refractivity contribution in [3.63, 3.8) is 0 Å².